The highest BCUT2D eigenvalue weighted by Gasteiger charge is 2.32. The number of hydrogen-bond donors (Lipinski definition) is 3. The number of nitro groups is 1. The lowest BCUT2D eigenvalue weighted by atomic mass is 9.91. The fourth-order valence-corrected chi connectivity index (χ4v) is 3.87. The average molecular weight is 365 g/mol. The van der Waals surface area contributed by atoms with Gasteiger partial charge in [-0.2, -0.15) is 12.6 Å². The number of ether oxygens (including phenoxy) is 1. The van der Waals surface area contributed by atoms with Crippen molar-refractivity contribution >= 4 is 24.4 Å². The second kappa shape index (κ2) is 8.05. The van der Waals surface area contributed by atoms with Crippen molar-refractivity contribution in [2.24, 2.45) is 0 Å². The molecule has 136 valence electrons. The summed E-state index contributed by atoms with van der Waals surface area (Å²) in [5.41, 5.74) is 0.825. The highest BCUT2D eigenvalue weighted by atomic mass is 32.1. The maximum absolute atomic E-state index is 11.9. The number of non-ortho nitro benzene ring substituents is 1. The second-order valence-corrected chi connectivity index (χ2v) is 7.53. The van der Waals surface area contributed by atoms with E-state index in [1.54, 1.807) is 12.1 Å². The molecule has 0 spiro atoms. The van der Waals surface area contributed by atoms with E-state index in [2.05, 4.69) is 23.3 Å². The maximum Gasteiger partial charge on any atom is 0.407 e. The van der Waals surface area contributed by atoms with Crippen LogP contribution in [0.1, 0.15) is 37.7 Å². The molecule has 1 aromatic carbocycles. The highest BCUT2D eigenvalue weighted by molar-refractivity contribution is 7.81. The van der Waals surface area contributed by atoms with Gasteiger partial charge in [0.2, 0.25) is 0 Å². The van der Waals surface area contributed by atoms with Crippen LogP contribution in [-0.4, -0.2) is 34.5 Å². The van der Waals surface area contributed by atoms with Gasteiger partial charge in [-0.3, -0.25) is 10.1 Å². The molecule has 0 radical (unpaired) electrons. The van der Waals surface area contributed by atoms with Gasteiger partial charge in [0.25, 0.3) is 5.69 Å². The van der Waals surface area contributed by atoms with Crippen LogP contribution >= 0.6 is 12.6 Å². The molecule has 2 atom stereocenters. The predicted octanol–water partition coefficient (Wildman–Crippen LogP) is 2.79. The van der Waals surface area contributed by atoms with E-state index in [9.17, 15) is 14.9 Å². The minimum Gasteiger partial charge on any atom is -0.446 e. The lowest BCUT2D eigenvalue weighted by molar-refractivity contribution is -0.384. The van der Waals surface area contributed by atoms with E-state index in [4.69, 9.17) is 4.74 Å². The molecular formula is C17H23N3O4S. The smallest absolute Gasteiger partial charge is 0.407 e. The van der Waals surface area contributed by atoms with Crippen molar-refractivity contribution in [2.45, 2.75) is 62.1 Å². The number of carbonyl (C=O) groups excluding carboxylic acids is 1. The number of nitrogens with zero attached hydrogens (tertiary/aromatic N) is 1. The van der Waals surface area contributed by atoms with Crippen LogP contribution in [0, 0.1) is 10.1 Å². The van der Waals surface area contributed by atoms with Gasteiger partial charge in [0, 0.05) is 36.0 Å². The number of nitro benzene ring substituents is 1. The van der Waals surface area contributed by atoms with Crippen molar-refractivity contribution in [1.82, 2.24) is 10.6 Å². The molecule has 0 heterocycles. The summed E-state index contributed by atoms with van der Waals surface area (Å²) in [4.78, 5) is 22.1. The van der Waals surface area contributed by atoms with Crippen molar-refractivity contribution in [2.75, 3.05) is 0 Å². The Labute approximate surface area is 152 Å². The molecule has 1 amide bonds. The average Bonchev–Trinajstić information content (AvgIpc) is 2.99. The molecule has 0 aliphatic heterocycles. The summed E-state index contributed by atoms with van der Waals surface area (Å²) in [5.74, 6) is 0. The Kier molecular flexibility index (Phi) is 5.80. The number of benzene rings is 1. The van der Waals surface area contributed by atoms with Crippen molar-refractivity contribution in [3.63, 3.8) is 0 Å². The van der Waals surface area contributed by atoms with Gasteiger partial charge in [0.1, 0.15) is 6.10 Å². The molecule has 0 unspecified atom stereocenters. The summed E-state index contributed by atoms with van der Waals surface area (Å²) in [6, 6.07) is 7.07. The van der Waals surface area contributed by atoms with Gasteiger partial charge in [-0.15, -0.1) is 0 Å². The summed E-state index contributed by atoms with van der Waals surface area (Å²) in [6.07, 6.45) is 4.47. The zero-order valence-corrected chi connectivity index (χ0v) is 14.8. The van der Waals surface area contributed by atoms with Gasteiger partial charge in [-0.1, -0.05) is 12.1 Å². The Morgan fingerprint density at radius 3 is 2.56 bits per heavy atom. The Morgan fingerprint density at radius 1 is 1.20 bits per heavy atom. The third kappa shape index (κ3) is 5.09. The minimum atomic E-state index is -0.448. The zero-order chi connectivity index (χ0) is 17.8. The molecular weight excluding hydrogens is 342 g/mol. The summed E-state index contributed by atoms with van der Waals surface area (Å²) < 4.78 is 5.47. The zero-order valence-electron chi connectivity index (χ0n) is 13.9. The Bertz CT molecular complexity index is 619. The molecule has 0 saturated heterocycles. The van der Waals surface area contributed by atoms with Gasteiger partial charge >= 0.3 is 6.09 Å². The van der Waals surface area contributed by atoms with E-state index in [-0.39, 0.29) is 18.3 Å². The van der Waals surface area contributed by atoms with Gasteiger partial charge in [-0.05, 0) is 37.7 Å². The Morgan fingerprint density at radius 2 is 1.92 bits per heavy atom. The molecule has 0 bridgehead atoms. The second-order valence-electron chi connectivity index (χ2n) is 6.80. The van der Waals surface area contributed by atoms with Crippen molar-refractivity contribution in [3.8, 4) is 0 Å². The predicted molar refractivity (Wildman–Crippen MR) is 96.8 cm³/mol. The van der Waals surface area contributed by atoms with Gasteiger partial charge in [0.05, 0.1) is 4.92 Å². The van der Waals surface area contributed by atoms with E-state index >= 15 is 0 Å². The number of carbonyl (C=O) groups is 1. The van der Waals surface area contributed by atoms with Crippen LogP contribution in [0.25, 0.3) is 0 Å². The number of amides is 1. The molecule has 2 aliphatic rings. The largest absolute Gasteiger partial charge is 0.446 e. The number of alkyl carbamates (subject to hydrolysis) is 1. The molecule has 2 saturated carbocycles. The molecule has 7 nitrogen and oxygen atoms in total. The summed E-state index contributed by atoms with van der Waals surface area (Å²) >= 11 is 4.42. The summed E-state index contributed by atoms with van der Waals surface area (Å²) in [5, 5.41) is 17.4. The number of thiol groups is 1. The molecule has 2 aliphatic carbocycles. The lowest BCUT2D eigenvalue weighted by Gasteiger charge is -2.35. The fourth-order valence-electron chi connectivity index (χ4n) is 3.36. The van der Waals surface area contributed by atoms with Gasteiger partial charge < -0.3 is 15.4 Å². The van der Waals surface area contributed by atoms with E-state index < -0.39 is 11.0 Å². The number of rotatable bonds is 6. The molecule has 2 N–H and O–H groups in total. The van der Waals surface area contributed by atoms with Crippen LogP contribution < -0.4 is 10.6 Å². The quantitative estimate of drug-likeness (QED) is 0.409. The monoisotopic (exact) mass is 365 g/mol. The standard InChI is InChI=1S/C17H23N3O4S/c21-17(18-10-11-1-4-14(5-2-11)20(22)23)24-15-6-3-12(7-15)19-13-8-16(25)9-13/h1-2,4-5,12-13,15-16,19,25H,3,6-10H2,(H,18,21)/t12-,13?,15+,16?/m0/s1. The third-order valence-electron chi connectivity index (χ3n) is 4.83. The third-order valence-corrected chi connectivity index (χ3v) is 5.25. The molecule has 0 aromatic heterocycles. The van der Waals surface area contributed by atoms with Crippen LogP contribution in [-0.2, 0) is 11.3 Å². The number of nitrogens with one attached hydrogen (secondary N) is 2. The SMILES string of the molecule is O=C(NCc1ccc([N+](=O)[O-])cc1)O[C@@H]1CC[C@H](NC2CC(S)C2)C1. The molecule has 25 heavy (non-hydrogen) atoms. The molecule has 1 aromatic rings. The first-order valence-corrected chi connectivity index (χ1v) is 9.13. The van der Waals surface area contributed by atoms with Gasteiger partial charge in [0.15, 0.2) is 0 Å². The summed E-state index contributed by atoms with van der Waals surface area (Å²) in [7, 11) is 0. The van der Waals surface area contributed by atoms with Crippen LogP contribution in [0.5, 0.6) is 0 Å². The first-order chi connectivity index (χ1) is 12.0. The van der Waals surface area contributed by atoms with Crippen LogP contribution in [0.4, 0.5) is 10.5 Å². The van der Waals surface area contributed by atoms with Crippen LogP contribution in [0.15, 0.2) is 24.3 Å². The normalized spacial score (nSPS) is 28.2. The van der Waals surface area contributed by atoms with E-state index in [0.29, 0.717) is 17.3 Å². The fraction of sp³-hybridized carbons (Fsp3) is 0.588. The van der Waals surface area contributed by atoms with Crippen molar-refractivity contribution in [1.29, 1.82) is 0 Å². The van der Waals surface area contributed by atoms with Crippen LogP contribution in [0.2, 0.25) is 0 Å². The van der Waals surface area contributed by atoms with Crippen molar-refractivity contribution < 1.29 is 14.5 Å². The summed E-state index contributed by atoms with van der Waals surface area (Å²) in [6.45, 7) is 0.288. The first kappa shape index (κ1) is 18.0. The molecule has 2 fully saturated rings. The Hall–Kier alpha value is -1.80. The maximum atomic E-state index is 11.9. The molecule has 3 rings (SSSR count). The lowest BCUT2D eigenvalue weighted by Crippen LogP contribution is -2.46. The van der Waals surface area contributed by atoms with Crippen molar-refractivity contribution in [3.05, 3.63) is 39.9 Å². The van der Waals surface area contributed by atoms with E-state index in [1.165, 1.54) is 12.1 Å². The van der Waals surface area contributed by atoms with Gasteiger partial charge in [-0.25, -0.2) is 4.79 Å². The number of hydrogen-bond acceptors (Lipinski definition) is 6. The van der Waals surface area contributed by atoms with E-state index in [1.807, 2.05) is 0 Å². The van der Waals surface area contributed by atoms with E-state index in [0.717, 1.165) is 37.7 Å². The first-order valence-electron chi connectivity index (χ1n) is 8.61. The topological polar surface area (TPSA) is 93.5 Å². The molecule has 8 heteroatoms. The Balaban J connectivity index is 1.36. The minimum absolute atomic E-state index is 0.0338. The highest BCUT2D eigenvalue weighted by Crippen LogP contribution is 2.29. The van der Waals surface area contributed by atoms with Crippen LogP contribution in [0.3, 0.4) is 0 Å².